The summed E-state index contributed by atoms with van der Waals surface area (Å²) in [5.41, 5.74) is 0.693. The van der Waals surface area contributed by atoms with Crippen molar-refractivity contribution in [1.82, 2.24) is 16.0 Å². The zero-order chi connectivity index (χ0) is 20.6. The molecule has 0 saturated heterocycles. The van der Waals surface area contributed by atoms with Crippen molar-refractivity contribution < 1.29 is 23.5 Å². The van der Waals surface area contributed by atoms with Gasteiger partial charge in [0.05, 0.1) is 31.6 Å². The molecule has 0 radical (unpaired) electrons. The number of carbonyl (C=O) groups is 3. The minimum Gasteiger partial charge on any atom is -0.477 e. The van der Waals surface area contributed by atoms with Gasteiger partial charge < -0.3 is 24.7 Å². The lowest BCUT2D eigenvalue weighted by molar-refractivity contribution is -0.128. The van der Waals surface area contributed by atoms with Gasteiger partial charge in [0, 0.05) is 6.54 Å². The third kappa shape index (κ3) is 5.50. The highest BCUT2D eigenvalue weighted by Gasteiger charge is 2.31. The van der Waals surface area contributed by atoms with Crippen LogP contribution in [0.1, 0.15) is 19.1 Å². The van der Waals surface area contributed by atoms with Crippen LogP contribution in [0.3, 0.4) is 0 Å². The van der Waals surface area contributed by atoms with E-state index in [9.17, 15) is 14.4 Å². The third-order valence-corrected chi connectivity index (χ3v) is 4.29. The lowest BCUT2D eigenvalue weighted by atomic mass is 10.1. The van der Waals surface area contributed by atoms with Crippen LogP contribution in [0.15, 0.2) is 47.1 Å². The van der Waals surface area contributed by atoms with Gasteiger partial charge in [-0.1, -0.05) is 19.1 Å². The molecule has 154 valence electrons. The summed E-state index contributed by atoms with van der Waals surface area (Å²) in [6, 6.07) is 9.98. The molecular formula is C20H24N4O5. The molecule has 9 nitrogen and oxygen atoms in total. The first-order chi connectivity index (χ1) is 14.1. The van der Waals surface area contributed by atoms with Crippen LogP contribution < -0.4 is 25.6 Å². The summed E-state index contributed by atoms with van der Waals surface area (Å²) in [4.78, 5) is 38.4. The van der Waals surface area contributed by atoms with Crippen LogP contribution in [0.5, 0.6) is 5.75 Å². The number of carbonyl (C=O) groups excluding carboxylic acids is 3. The van der Waals surface area contributed by atoms with Crippen LogP contribution in [0, 0.1) is 0 Å². The number of hydrogen-bond donors (Lipinski definition) is 3. The maximum absolute atomic E-state index is 12.4. The zero-order valence-corrected chi connectivity index (χ0v) is 16.1. The normalized spacial score (nSPS) is 15.1. The Morgan fingerprint density at radius 1 is 1.14 bits per heavy atom. The quantitative estimate of drug-likeness (QED) is 0.648. The van der Waals surface area contributed by atoms with Crippen LogP contribution in [-0.4, -0.2) is 43.6 Å². The Labute approximate surface area is 168 Å². The molecule has 1 aromatic heterocycles. The number of hydrogen-bond acceptors (Lipinski definition) is 6. The molecule has 0 bridgehead atoms. The number of benzene rings is 1. The second kappa shape index (κ2) is 9.63. The summed E-state index contributed by atoms with van der Waals surface area (Å²) < 4.78 is 10.9. The van der Waals surface area contributed by atoms with Gasteiger partial charge in [0.2, 0.25) is 5.91 Å². The first-order valence-corrected chi connectivity index (χ1v) is 9.45. The molecule has 0 saturated carbocycles. The van der Waals surface area contributed by atoms with E-state index in [4.69, 9.17) is 9.15 Å². The molecule has 0 unspecified atom stereocenters. The molecule has 3 N–H and O–H groups in total. The van der Waals surface area contributed by atoms with Crippen LogP contribution in [0.25, 0.3) is 0 Å². The van der Waals surface area contributed by atoms with Gasteiger partial charge in [-0.05, 0) is 30.7 Å². The van der Waals surface area contributed by atoms with Gasteiger partial charge in [0.25, 0.3) is 5.91 Å². The number of imide groups is 1. The number of nitrogens with zero attached hydrogens (tertiary/aromatic N) is 1. The second-order valence-corrected chi connectivity index (χ2v) is 6.56. The van der Waals surface area contributed by atoms with Gasteiger partial charge in [-0.25, -0.2) is 4.79 Å². The molecule has 29 heavy (non-hydrogen) atoms. The summed E-state index contributed by atoms with van der Waals surface area (Å²) in [5.74, 6) is 0.371. The van der Waals surface area contributed by atoms with Gasteiger partial charge in [0.15, 0.2) is 6.10 Å². The molecule has 1 aliphatic rings. The fraction of sp³-hybridized carbons (Fsp3) is 0.350. The lowest BCUT2D eigenvalue weighted by Crippen LogP contribution is -2.52. The van der Waals surface area contributed by atoms with Crippen molar-refractivity contribution in [2.24, 2.45) is 0 Å². The Kier molecular flexibility index (Phi) is 6.72. The minimum atomic E-state index is -0.739. The molecule has 0 fully saturated rings. The molecule has 0 aliphatic carbocycles. The van der Waals surface area contributed by atoms with Crippen LogP contribution in [-0.2, 0) is 16.1 Å². The van der Waals surface area contributed by atoms with E-state index < -0.39 is 18.0 Å². The van der Waals surface area contributed by atoms with Gasteiger partial charge in [-0.15, -0.1) is 0 Å². The smallest absolute Gasteiger partial charge is 0.321 e. The van der Waals surface area contributed by atoms with Gasteiger partial charge in [0.1, 0.15) is 11.5 Å². The van der Waals surface area contributed by atoms with Crippen molar-refractivity contribution in [3.63, 3.8) is 0 Å². The highest BCUT2D eigenvalue weighted by molar-refractivity contribution is 5.96. The summed E-state index contributed by atoms with van der Waals surface area (Å²) in [7, 11) is 0. The average Bonchev–Trinajstić information content (AvgIpc) is 3.24. The molecule has 1 atom stereocenters. The van der Waals surface area contributed by atoms with E-state index in [0.717, 1.165) is 6.42 Å². The maximum Gasteiger partial charge on any atom is 0.321 e. The first kappa shape index (κ1) is 20.2. The highest BCUT2D eigenvalue weighted by Crippen LogP contribution is 2.32. The van der Waals surface area contributed by atoms with Gasteiger partial charge >= 0.3 is 6.03 Å². The van der Waals surface area contributed by atoms with Crippen molar-refractivity contribution in [2.75, 3.05) is 24.5 Å². The van der Waals surface area contributed by atoms with E-state index >= 15 is 0 Å². The molecule has 9 heteroatoms. The number of anilines is 1. The Bertz CT molecular complexity index is 852. The number of fused-ring (bicyclic) bond motifs is 1. The highest BCUT2D eigenvalue weighted by atomic mass is 16.5. The third-order valence-electron chi connectivity index (χ3n) is 4.29. The van der Waals surface area contributed by atoms with E-state index in [-0.39, 0.29) is 25.5 Å². The molecule has 3 rings (SSSR count). The Morgan fingerprint density at radius 2 is 1.97 bits per heavy atom. The van der Waals surface area contributed by atoms with Gasteiger partial charge in [-0.3, -0.25) is 14.9 Å². The van der Waals surface area contributed by atoms with Crippen LogP contribution in [0.2, 0.25) is 0 Å². The summed E-state index contributed by atoms with van der Waals surface area (Å²) in [6.45, 7) is 2.80. The van der Waals surface area contributed by atoms with Crippen molar-refractivity contribution in [3.8, 4) is 5.75 Å². The minimum absolute atomic E-state index is 0.0912. The van der Waals surface area contributed by atoms with Crippen molar-refractivity contribution in [1.29, 1.82) is 0 Å². The van der Waals surface area contributed by atoms with E-state index in [1.54, 1.807) is 35.2 Å². The fourth-order valence-corrected chi connectivity index (χ4v) is 2.92. The van der Waals surface area contributed by atoms with Crippen molar-refractivity contribution >= 4 is 23.5 Å². The number of nitrogens with one attached hydrogen (secondary N) is 3. The summed E-state index contributed by atoms with van der Waals surface area (Å²) in [6.07, 6.45) is 1.58. The molecule has 0 spiro atoms. The van der Waals surface area contributed by atoms with Crippen molar-refractivity contribution in [3.05, 3.63) is 48.4 Å². The van der Waals surface area contributed by atoms with Crippen LogP contribution >= 0.6 is 0 Å². The van der Waals surface area contributed by atoms with E-state index in [1.165, 1.54) is 6.26 Å². The zero-order valence-electron chi connectivity index (χ0n) is 16.1. The standard InChI is InChI=1S/C20H24N4O5/c1-2-9-21-19(26)17-12-24(15-7-3-4-8-16(15)29-17)13-18(25)23-20(27)22-11-14-6-5-10-28-14/h3-8,10,17H,2,9,11-13H2,1H3,(H,21,26)(H2,22,23,25,27)/t17-/m0/s1. The number of furan rings is 1. The summed E-state index contributed by atoms with van der Waals surface area (Å²) >= 11 is 0. The first-order valence-electron chi connectivity index (χ1n) is 9.45. The number of ether oxygens (including phenoxy) is 1. The van der Waals surface area contributed by atoms with Gasteiger partial charge in [-0.2, -0.15) is 0 Å². The maximum atomic E-state index is 12.4. The fourth-order valence-electron chi connectivity index (χ4n) is 2.92. The predicted octanol–water partition coefficient (Wildman–Crippen LogP) is 1.40. The monoisotopic (exact) mass is 400 g/mol. The van der Waals surface area contributed by atoms with E-state index in [0.29, 0.717) is 23.7 Å². The summed E-state index contributed by atoms with van der Waals surface area (Å²) in [5, 5.41) is 7.64. The average molecular weight is 400 g/mol. The lowest BCUT2D eigenvalue weighted by Gasteiger charge is -2.35. The number of rotatable bonds is 7. The Morgan fingerprint density at radius 3 is 2.72 bits per heavy atom. The number of urea groups is 1. The van der Waals surface area contributed by atoms with Crippen LogP contribution in [0.4, 0.5) is 10.5 Å². The SMILES string of the molecule is CCCNC(=O)[C@@H]1CN(CC(=O)NC(=O)NCc2ccco2)c2ccccc2O1. The van der Waals surface area contributed by atoms with E-state index in [2.05, 4.69) is 16.0 Å². The molecule has 2 aromatic rings. The molecule has 1 aromatic carbocycles. The number of amides is 4. The molecule has 2 heterocycles. The Hall–Kier alpha value is -3.49. The largest absolute Gasteiger partial charge is 0.477 e. The molecular weight excluding hydrogens is 376 g/mol. The van der Waals surface area contributed by atoms with Crippen molar-refractivity contribution in [2.45, 2.75) is 26.0 Å². The Balaban J connectivity index is 1.59. The number of para-hydroxylation sites is 2. The molecule has 4 amide bonds. The predicted molar refractivity (Wildman–Crippen MR) is 105 cm³/mol. The molecule has 1 aliphatic heterocycles. The topological polar surface area (TPSA) is 113 Å². The van der Waals surface area contributed by atoms with E-state index in [1.807, 2.05) is 13.0 Å². The second-order valence-electron chi connectivity index (χ2n) is 6.56.